The van der Waals surface area contributed by atoms with Gasteiger partial charge in [0.25, 0.3) is 5.69 Å². The second-order valence-electron chi connectivity index (χ2n) is 4.06. The van der Waals surface area contributed by atoms with Gasteiger partial charge in [0, 0.05) is 12.6 Å². The highest BCUT2D eigenvalue weighted by Crippen LogP contribution is 2.33. The van der Waals surface area contributed by atoms with Crippen LogP contribution in [0.15, 0.2) is 24.3 Å². The predicted molar refractivity (Wildman–Crippen MR) is 60.3 cm³/mol. The second kappa shape index (κ2) is 4.49. The number of rotatable bonds is 5. The van der Waals surface area contributed by atoms with Crippen LogP contribution in [0.4, 0.5) is 11.4 Å². The van der Waals surface area contributed by atoms with E-state index in [2.05, 4.69) is 5.32 Å². The summed E-state index contributed by atoms with van der Waals surface area (Å²) < 4.78 is 0. The van der Waals surface area contributed by atoms with Crippen LogP contribution in [-0.4, -0.2) is 22.7 Å². The number of anilines is 1. The van der Waals surface area contributed by atoms with Crippen LogP contribution < -0.4 is 5.32 Å². The highest BCUT2D eigenvalue weighted by atomic mass is 16.6. The first-order valence-corrected chi connectivity index (χ1v) is 5.34. The fraction of sp³-hybridized carbons (Fsp3) is 0.455. The maximum atomic E-state index is 10.7. The number of para-hydroxylation sites is 2. The topological polar surface area (TPSA) is 75.4 Å². The first kappa shape index (κ1) is 10.9. The third-order valence-electron chi connectivity index (χ3n) is 2.77. The average molecular weight is 222 g/mol. The standard InChI is InChI=1S/C11H14N2O3/c14-11(8-5-6-8)7-12-9-3-1-2-4-10(9)13(15)16/h1-4,8,11-12,14H,5-7H2. The Morgan fingerprint density at radius 2 is 2.19 bits per heavy atom. The van der Waals surface area contributed by atoms with Crippen molar-refractivity contribution in [1.29, 1.82) is 0 Å². The molecule has 16 heavy (non-hydrogen) atoms. The first-order valence-electron chi connectivity index (χ1n) is 5.34. The van der Waals surface area contributed by atoms with Crippen LogP contribution in [0.5, 0.6) is 0 Å². The summed E-state index contributed by atoms with van der Waals surface area (Å²) in [6.45, 7) is 0.371. The van der Waals surface area contributed by atoms with Gasteiger partial charge in [-0.1, -0.05) is 12.1 Å². The molecule has 0 aromatic heterocycles. The van der Waals surface area contributed by atoms with E-state index in [9.17, 15) is 15.2 Å². The smallest absolute Gasteiger partial charge is 0.292 e. The fourth-order valence-corrected chi connectivity index (χ4v) is 1.64. The van der Waals surface area contributed by atoms with Crippen LogP contribution >= 0.6 is 0 Å². The van der Waals surface area contributed by atoms with Crippen LogP contribution in [0.2, 0.25) is 0 Å². The average Bonchev–Trinajstić information content (AvgIpc) is 3.10. The van der Waals surface area contributed by atoms with Crippen LogP contribution in [0, 0.1) is 16.0 Å². The molecule has 0 amide bonds. The molecule has 1 aliphatic carbocycles. The maximum absolute atomic E-state index is 10.7. The van der Waals surface area contributed by atoms with Crippen molar-refractivity contribution < 1.29 is 10.0 Å². The molecule has 0 radical (unpaired) electrons. The van der Waals surface area contributed by atoms with Crippen molar-refractivity contribution in [3.05, 3.63) is 34.4 Å². The Kier molecular flexibility index (Phi) is 3.05. The van der Waals surface area contributed by atoms with Gasteiger partial charge >= 0.3 is 0 Å². The van der Waals surface area contributed by atoms with E-state index in [0.717, 1.165) is 12.8 Å². The molecule has 1 aromatic carbocycles. The lowest BCUT2D eigenvalue weighted by Gasteiger charge is -2.11. The minimum atomic E-state index is -0.425. The maximum Gasteiger partial charge on any atom is 0.292 e. The molecule has 5 heteroatoms. The summed E-state index contributed by atoms with van der Waals surface area (Å²) in [5.41, 5.74) is 0.512. The Morgan fingerprint density at radius 3 is 2.81 bits per heavy atom. The molecule has 0 heterocycles. The summed E-state index contributed by atoms with van der Waals surface area (Å²) in [5.74, 6) is 0.371. The zero-order valence-corrected chi connectivity index (χ0v) is 8.80. The lowest BCUT2D eigenvalue weighted by molar-refractivity contribution is -0.384. The molecule has 0 spiro atoms. The minimum Gasteiger partial charge on any atom is -0.391 e. The van der Waals surface area contributed by atoms with Crippen molar-refractivity contribution in [3.8, 4) is 0 Å². The second-order valence-corrected chi connectivity index (χ2v) is 4.06. The SMILES string of the molecule is O=[N+]([O-])c1ccccc1NCC(O)C1CC1. The Morgan fingerprint density at radius 1 is 1.50 bits per heavy atom. The fourth-order valence-electron chi connectivity index (χ4n) is 1.64. The van der Waals surface area contributed by atoms with Gasteiger partial charge in [-0.3, -0.25) is 10.1 Å². The molecule has 2 N–H and O–H groups in total. The number of nitro benzene ring substituents is 1. The van der Waals surface area contributed by atoms with Gasteiger partial charge in [0.05, 0.1) is 11.0 Å². The third-order valence-corrected chi connectivity index (χ3v) is 2.77. The Bertz CT molecular complexity index is 391. The molecular formula is C11H14N2O3. The number of aliphatic hydroxyl groups is 1. The van der Waals surface area contributed by atoms with E-state index in [0.29, 0.717) is 18.2 Å². The van der Waals surface area contributed by atoms with Crippen molar-refractivity contribution in [2.45, 2.75) is 18.9 Å². The predicted octanol–water partition coefficient (Wildman–Crippen LogP) is 1.78. The number of nitrogens with one attached hydrogen (secondary N) is 1. The van der Waals surface area contributed by atoms with E-state index in [1.807, 2.05) is 0 Å². The molecule has 0 aliphatic heterocycles. The summed E-state index contributed by atoms with van der Waals surface area (Å²) in [5, 5.41) is 23.3. The number of nitrogens with zero attached hydrogens (tertiary/aromatic N) is 1. The summed E-state index contributed by atoms with van der Waals surface area (Å²) >= 11 is 0. The van der Waals surface area contributed by atoms with Crippen LogP contribution in [0.25, 0.3) is 0 Å². The zero-order valence-electron chi connectivity index (χ0n) is 8.80. The Balaban J connectivity index is 1.99. The van der Waals surface area contributed by atoms with Gasteiger partial charge in [-0.05, 0) is 24.8 Å². The van der Waals surface area contributed by atoms with E-state index in [1.54, 1.807) is 18.2 Å². The lowest BCUT2D eigenvalue weighted by atomic mass is 10.2. The van der Waals surface area contributed by atoms with E-state index in [1.165, 1.54) is 6.07 Å². The molecule has 1 saturated carbocycles. The largest absolute Gasteiger partial charge is 0.391 e. The number of benzene rings is 1. The summed E-state index contributed by atoms with van der Waals surface area (Å²) in [6, 6.07) is 6.46. The molecule has 1 fully saturated rings. The van der Waals surface area contributed by atoms with E-state index < -0.39 is 11.0 Å². The van der Waals surface area contributed by atoms with Gasteiger partial charge in [0.2, 0.25) is 0 Å². The van der Waals surface area contributed by atoms with E-state index in [4.69, 9.17) is 0 Å². The van der Waals surface area contributed by atoms with Gasteiger partial charge in [0.15, 0.2) is 0 Å². The summed E-state index contributed by atoms with van der Waals surface area (Å²) in [4.78, 5) is 10.3. The molecular weight excluding hydrogens is 208 g/mol. The van der Waals surface area contributed by atoms with Gasteiger partial charge in [-0.15, -0.1) is 0 Å². The molecule has 1 aliphatic rings. The van der Waals surface area contributed by atoms with Crippen LogP contribution in [-0.2, 0) is 0 Å². The number of aliphatic hydroxyl groups excluding tert-OH is 1. The highest BCUT2D eigenvalue weighted by molar-refractivity contribution is 5.61. The molecule has 1 aromatic rings. The first-order chi connectivity index (χ1) is 7.68. The minimum absolute atomic E-state index is 0.0468. The summed E-state index contributed by atoms with van der Waals surface area (Å²) in [7, 11) is 0. The van der Waals surface area contributed by atoms with Gasteiger partial charge < -0.3 is 10.4 Å². The summed E-state index contributed by atoms with van der Waals surface area (Å²) in [6.07, 6.45) is 1.71. The molecule has 2 rings (SSSR count). The molecule has 5 nitrogen and oxygen atoms in total. The molecule has 1 unspecified atom stereocenters. The van der Waals surface area contributed by atoms with Crippen LogP contribution in [0.1, 0.15) is 12.8 Å². The van der Waals surface area contributed by atoms with Gasteiger partial charge in [-0.2, -0.15) is 0 Å². The lowest BCUT2D eigenvalue weighted by Crippen LogP contribution is -2.21. The molecule has 0 bridgehead atoms. The van der Waals surface area contributed by atoms with E-state index in [-0.39, 0.29) is 5.69 Å². The third kappa shape index (κ3) is 2.49. The van der Waals surface area contributed by atoms with Crippen molar-refractivity contribution >= 4 is 11.4 Å². The zero-order chi connectivity index (χ0) is 11.5. The Labute approximate surface area is 93.2 Å². The number of nitro groups is 1. The highest BCUT2D eigenvalue weighted by Gasteiger charge is 2.29. The van der Waals surface area contributed by atoms with Crippen molar-refractivity contribution in [3.63, 3.8) is 0 Å². The normalized spacial score (nSPS) is 16.8. The molecule has 0 saturated heterocycles. The van der Waals surface area contributed by atoms with E-state index >= 15 is 0 Å². The number of hydrogen-bond acceptors (Lipinski definition) is 4. The van der Waals surface area contributed by atoms with Crippen molar-refractivity contribution in [2.75, 3.05) is 11.9 Å². The molecule has 86 valence electrons. The van der Waals surface area contributed by atoms with Gasteiger partial charge in [-0.25, -0.2) is 0 Å². The van der Waals surface area contributed by atoms with Crippen LogP contribution in [0.3, 0.4) is 0 Å². The monoisotopic (exact) mass is 222 g/mol. The van der Waals surface area contributed by atoms with Gasteiger partial charge in [0.1, 0.15) is 5.69 Å². The quantitative estimate of drug-likeness (QED) is 0.588. The molecule has 1 atom stereocenters. The Hall–Kier alpha value is -1.62. The van der Waals surface area contributed by atoms with Crippen molar-refractivity contribution in [1.82, 2.24) is 0 Å². The number of hydrogen-bond donors (Lipinski definition) is 2. The van der Waals surface area contributed by atoms with Crippen molar-refractivity contribution in [2.24, 2.45) is 5.92 Å².